The molecular weight excluding hydrogens is 336 g/mol. The minimum absolute atomic E-state index is 0.0780. The maximum Gasteiger partial charge on any atom is 0.301 e. The summed E-state index contributed by atoms with van der Waals surface area (Å²) in [5, 5.41) is 11.0. The van der Waals surface area contributed by atoms with Gasteiger partial charge in [-0.3, -0.25) is 4.79 Å². The van der Waals surface area contributed by atoms with Gasteiger partial charge in [0, 0.05) is 17.5 Å². The summed E-state index contributed by atoms with van der Waals surface area (Å²) in [5.74, 6) is -0.648. The molecule has 0 saturated heterocycles. The first kappa shape index (κ1) is 17.1. The van der Waals surface area contributed by atoms with Gasteiger partial charge in [0.15, 0.2) is 0 Å². The number of aliphatic imine (C=N–C) groups is 2. The molecule has 0 bridgehead atoms. The van der Waals surface area contributed by atoms with E-state index in [9.17, 15) is 9.90 Å². The van der Waals surface area contributed by atoms with Crippen LogP contribution in [0.3, 0.4) is 0 Å². The normalized spacial score (nSPS) is 19.4. The Labute approximate surface area is 157 Å². The predicted molar refractivity (Wildman–Crippen MR) is 106 cm³/mol. The molecule has 1 aliphatic heterocycles. The first-order valence-corrected chi connectivity index (χ1v) is 8.76. The zero-order valence-corrected chi connectivity index (χ0v) is 14.6. The number of carbonyl (C=O) groups is 1. The van der Waals surface area contributed by atoms with Gasteiger partial charge in [0.2, 0.25) is 5.72 Å². The van der Waals surface area contributed by atoms with Crippen molar-refractivity contribution in [2.75, 3.05) is 0 Å². The quantitative estimate of drug-likeness (QED) is 0.780. The van der Waals surface area contributed by atoms with Crippen molar-refractivity contribution in [3.8, 4) is 0 Å². The van der Waals surface area contributed by atoms with Crippen LogP contribution in [0.5, 0.6) is 0 Å². The number of nitrogens with zero attached hydrogens (tertiary/aromatic N) is 2. The summed E-state index contributed by atoms with van der Waals surface area (Å²) in [4.78, 5) is 21.5. The Morgan fingerprint density at radius 2 is 1.19 bits per heavy atom. The highest BCUT2D eigenvalue weighted by atomic mass is 16.3. The molecule has 1 aliphatic rings. The second kappa shape index (κ2) is 7.09. The molecule has 3 aromatic carbocycles. The maximum atomic E-state index is 12.7. The first-order chi connectivity index (χ1) is 13.2. The van der Waals surface area contributed by atoms with Gasteiger partial charge in [0.25, 0.3) is 0 Å². The number of aliphatic hydroxyl groups is 1. The predicted octanol–water partition coefficient (Wildman–Crippen LogP) is 3.44. The smallest absolute Gasteiger partial charge is 0.301 e. The molecular formula is C23H18N2O2. The van der Waals surface area contributed by atoms with E-state index in [4.69, 9.17) is 0 Å². The van der Waals surface area contributed by atoms with E-state index in [1.54, 1.807) is 0 Å². The molecule has 0 fully saturated rings. The number of amides is 1. The van der Waals surface area contributed by atoms with Gasteiger partial charge in [-0.15, -0.1) is 0 Å². The van der Waals surface area contributed by atoms with Crippen molar-refractivity contribution in [1.82, 2.24) is 0 Å². The molecule has 4 nitrogen and oxygen atoms in total. The van der Waals surface area contributed by atoms with Gasteiger partial charge in [-0.2, -0.15) is 0 Å². The zero-order valence-electron chi connectivity index (χ0n) is 14.6. The van der Waals surface area contributed by atoms with Crippen molar-refractivity contribution in [3.63, 3.8) is 0 Å². The van der Waals surface area contributed by atoms with Crippen LogP contribution in [0.4, 0.5) is 0 Å². The van der Waals surface area contributed by atoms with Crippen LogP contribution in [0.25, 0.3) is 0 Å². The van der Waals surface area contributed by atoms with E-state index >= 15 is 0 Å². The molecule has 0 spiro atoms. The van der Waals surface area contributed by atoms with Crippen molar-refractivity contribution in [2.24, 2.45) is 9.98 Å². The Hall–Kier alpha value is -3.37. The second-order valence-corrected chi connectivity index (χ2v) is 6.44. The number of hydrogen-bond donors (Lipinski definition) is 1. The highest BCUT2D eigenvalue weighted by molar-refractivity contribution is 6.55. The topological polar surface area (TPSA) is 62.0 Å². The van der Waals surface area contributed by atoms with Gasteiger partial charge in [0.1, 0.15) is 5.71 Å². The van der Waals surface area contributed by atoms with Crippen molar-refractivity contribution >= 4 is 17.3 Å². The second-order valence-electron chi connectivity index (χ2n) is 6.44. The fourth-order valence-electron chi connectivity index (χ4n) is 3.12. The van der Waals surface area contributed by atoms with Crippen molar-refractivity contribution in [3.05, 3.63) is 108 Å². The Morgan fingerprint density at radius 3 is 1.74 bits per heavy atom. The molecule has 3 aromatic rings. The van der Waals surface area contributed by atoms with Crippen LogP contribution >= 0.6 is 0 Å². The lowest BCUT2D eigenvalue weighted by atomic mass is 9.94. The van der Waals surface area contributed by atoms with Gasteiger partial charge in [0.05, 0.1) is 5.71 Å². The molecule has 1 atom stereocenters. The molecule has 1 amide bonds. The maximum absolute atomic E-state index is 12.7. The van der Waals surface area contributed by atoms with E-state index in [1.807, 2.05) is 91.0 Å². The number of hydrogen-bond acceptors (Lipinski definition) is 3. The fourth-order valence-corrected chi connectivity index (χ4v) is 3.12. The molecule has 1 heterocycles. The van der Waals surface area contributed by atoms with Crippen LogP contribution in [-0.2, 0) is 11.2 Å². The van der Waals surface area contributed by atoms with Crippen LogP contribution < -0.4 is 0 Å². The summed E-state index contributed by atoms with van der Waals surface area (Å²) in [6.45, 7) is 0. The van der Waals surface area contributed by atoms with E-state index in [-0.39, 0.29) is 6.42 Å². The van der Waals surface area contributed by atoms with Crippen LogP contribution in [0.15, 0.2) is 101 Å². The Bertz CT molecular complexity index is 1010. The average molecular weight is 354 g/mol. The van der Waals surface area contributed by atoms with E-state index in [0.717, 1.165) is 16.7 Å². The molecule has 1 N–H and O–H groups in total. The molecule has 0 saturated carbocycles. The molecule has 132 valence electrons. The highest BCUT2D eigenvalue weighted by Crippen LogP contribution is 2.25. The molecule has 0 aromatic heterocycles. The molecule has 4 heteroatoms. The lowest BCUT2D eigenvalue weighted by Gasteiger charge is -2.27. The summed E-state index contributed by atoms with van der Waals surface area (Å²) in [6.07, 6.45) is 0.0780. The van der Waals surface area contributed by atoms with Gasteiger partial charge < -0.3 is 5.11 Å². The Kier molecular flexibility index (Phi) is 4.48. The SMILES string of the molecule is O=C1N=C(c2ccccc2)C(c2ccccc2)=NC1(O)Cc1ccccc1. The van der Waals surface area contributed by atoms with E-state index in [2.05, 4.69) is 9.98 Å². The van der Waals surface area contributed by atoms with E-state index in [0.29, 0.717) is 11.4 Å². The Balaban J connectivity index is 1.82. The van der Waals surface area contributed by atoms with Crippen molar-refractivity contribution in [2.45, 2.75) is 12.1 Å². The summed E-state index contributed by atoms with van der Waals surface area (Å²) in [7, 11) is 0. The average Bonchev–Trinajstić information content (AvgIpc) is 2.72. The fraction of sp³-hybridized carbons (Fsp3) is 0.0870. The van der Waals surface area contributed by atoms with Gasteiger partial charge >= 0.3 is 5.91 Å². The molecule has 4 rings (SSSR count). The summed E-state index contributed by atoms with van der Waals surface area (Å²) < 4.78 is 0. The third-order valence-electron chi connectivity index (χ3n) is 4.46. The largest absolute Gasteiger partial charge is 0.361 e. The number of carbonyl (C=O) groups excluding carboxylic acids is 1. The van der Waals surface area contributed by atoms with Crippen LogP contribution in [0.1, 0.15) is 16.7 Å². The third-order valence-corrected chi connectivity index (χ3v) is 4.46. The highest BCUT2D eigenvalue weighted by Gasteiger charge is 2.40. The monoisotopic (exact) mass is 354 g/mol. The summed E-state index contributed by atoms with van der Waals surface area (Å²) in [5.41, 5.74) is 1.49. The lowest BCUT2D eigenvalue weighted by molar-refractivity contribution is -0.135. The minimum atomic E-state index is -1.91. The third kappa shape index (κ3) is 3.48. The number of rotatable bonds is 4. The van der Waals surface area contributed by atoms with Crippen molar-refractivity contribution < 1.29 is 9.90 Å². The lowest BCUT2D eigenvalue weighted by Crippen LogP contribution is -2.44. The summed E-state index contributed by atoms with van der Waals surface area (Å²) in [6, 6.07) is 28.3. The Morgan fingerprint density at radius 1 is 0.704 bits per heavy atom. The summed E-state index contributed by atoms with van der Waals surface area (Å²) >= 11 is 0. The first-order valence-electron chi connectivity index (χ1n) is 8.76. The standard InChI is InChI=1S/C23H18N2O2/c26-22-23(27,16-17-10-4-1-5-11-17)25-21(19-14-8-3-9-15-19)20(24-22)18-12-6-2-7-13-18/h1-15,27H,16H2. The molecule has 27 heavy (non-hydrogen) atoms. The molecule has 0 radical (unpaired) electrons. The van der Waals surface area contributed by atoms with E-state index in [1.165, 1.54) is 0 Å². The van der Waals surface area contributed by atoms with Gasteiger partial charge in [-0.25, -0.2) is 9.98 Å². The van der Waals surface area contributed by atoms with Crippen LogP contribution in [-0.4, -0.2) is 28.2 Å². The van der Waals surface area contributed by atoms with Crippen molar-refractivity contribution in [1.29, 1.82) is 0 Å². The van der Waals surface area contributed by atoms with Crippen LogP contribution in [0, 0.1) is 0 Å². The zero-order chi connectivity index (χ0) is 18.7. The van der Waals surface area contributed by atoms with Gasteiger partial charge in [-0.05, 0) is 5.56 Å². The molecule has 1 unspecified atom stereocenters. The van der Waals surface area contributed by atoms with Gasteiger partial charge in [-0.1, -0.05) is 91.0 Å². The van der Waals surface area contributed by atoms with Crippen LogP contribution in [0.2, 0.25) is 0 Å². The molecule has 0 aliphatic carbocycles. The number of benzene rings is 3. The van der Waals surface area contributed by atoms with E-state index < -0.39 is 11.6 Å². The minimum Gasteiger partial charge on any atom is -0.361 e.